The van der Waals surface area contributed by atoms with E-state index in [1.54, 1.807) is 0 Å². The average Bonchev–Trinajstić information content (AvgIpc) is 2.33. The quantitative estimate of drug-likeness (QED) is 0.697. The lowest BCUT2D eigenvalue weighted by Gasteiger charge is -2.30. The summed E-state index contributed by atoms with van der Waals surface area (Å²) in [5.74, 6) is 2.02. The molecule has 0 fully saturated rings. The van der Waals surface area contributed by atoms with Gasteiger partial charge in [0.2, 0.25) is 0 Å². The van der Waals surface area contributed by atoms with E-state index < -0.39 is 0 Å². The fourth-order valence-electron chi connectivity index (χ4n) is 1.04. The van der Waals surface area contributed by atoms with E-state index in [0.717, 1.165) is 18.1 Å². The predicted molar refractivity (Wildman–Crippen MR) is 54.7 cm³/mol. The Bertz CT molecular complexity index is 270. The first-order valence-corrected chi connectivity index (χ1v) is 4.66. The van der Waals surface area contributed by atoms with Crippen molar-refractivity contribution in [1.82, 2.24) is 4.90 Å². The monoisotopic (exact) mass is 181 g/mol. The molecule has 0 saturated heterocycles. The van der Waals surface area contributed by atoms with Crippen molar-refractivity contribution in [2.75, 3.05) is 7.05 Å². The van der Waals surface area contributed by atoms with Gasteiger partial charge in [0.1, 0.15) is 11.5 Å². The summed E-state index contributed by atoms with van der Waals surface area (Å²) in [5.41, 5.74) is 0.195. The van der Waals surface area contributed by atoms with Crippen LogP contribution in [0.1, 0.15) is 32.3 Å². The summed E-state index contributed by atoms with van der Waals surface area (Å²) in [7, 11) is 2.11. The molecule has 0 spiro atoms. The summed E-state index contributed by atoms with van der Waals surface area (Å²) in [6, 6.07) is 4.05. The molecule has 0 aliphatic heterocycles. The molecule has 0 radical (unpaired) electrons. The highest BCUT2D eigenvalue weighted by molar-refractivity contribution is 5.05. The molecule has 74 valence electrons. The number of nitrogens with zero attached hydrogens (tertiary/aromatic N) is 1. The highest BCUT2D eigenvalue weighted by atomic mass is 16.3. The van der Waals surface area contributed by atoms with Gasteiger partial charge < -0.3 is 4.42 Å². The topological polar surface area (TPSA) is 16.4 Å². The van der Waals surface area contributed by atoms with Gasteiger partial charge in [-0.2, -0.15) is 0 Å². The van der Waals surface area contributed by atoms with E-state index in [0.29, 0.717) is 0 Å². The van der Waals surface area contributed by atoms with Gasteiger partial charge >= 0.3 is 0 Å². The second kappa shape index (κ2) is 3.54. The zero-order valence-electron chi connectivity index (χ0n) is 9.22. The fourth-order valence-corrected chi connectivity index (χ4v) is 1.04. The maximum atomic E-state index is 5.51. The van der Waals surface area contributed by atoms with Crippen molar-refractivity contribution in [2.45, 2.75) is 39.8 Å². The zero-order valence-corrected chi connectivity index (χ0v) is 9.22. The Labute approximate surface area is 80.5 Å². The van der Waals surface area contributed by atoms with Crippen LogP contribution in [0.4, 0.5) is 0 Å². The molecule has 0 amide bonds. The number of furan rings is 1. The van der Waals surface area contributed by atoms with Crippen LogP contribution in [-0.2, 0) is 6.54 Å². The Morgan fingerprint density at radius 2 is 1.92 bits per heavy atom. The maximum absolute atomic E-state index is 5.51. The summed E-state index contributed by atoms with van der Waals surface area (Å²) in [6.45, 7) is 9.44. The van der Waals surface area contributed by atoms with E-state index in [1.807, 2.05) is 19.1 Å². The number of aryl methyl sites for hydroxylation is 1. The Morgan fingerprint density at radius 3 is 2.31 bits per heavy atom. The molecule has 13 heavy (non-hydrogen) atoms. The molecule has 0 bridgehead atoms. The molecule has 0 atom stereocenters. The lowest BCUT2D eigenvalue weighted by Crippen LogP contribution is -2.37. The van der Waals surface area contributed by atoms with Crippen molar-refractivity contribution in [3.05, 3.63) is 23.7 Å². The predicted octanol–water partition coefficient (Wildman–Crippen LogP) is 2.82. The van der Waals surface area contributed by atoms with Gasteiger partial charge in [-0.1, -0.05) is 0 Å². The van der Waals surface area contributed by atoms with E-state index in [1.165, 1.54) is 0 Å². The number of hydrogen-bond acceptors (Lipinski definition) is 2. The third kappa shape index (κ3) is 2.88. The molecular formula is C11H19NO. The first-order valence-electron chi connectivity index (χ1n) is 4.66. The van der Waals surface area contributed by atoms with Gasteiger partial charge in [0.15, 0.2) is 0 Å². The van der Waals surface area contributed by atoms with E-state index in [-0.39, 0.29) is 5.54 Å². The van der Waals surface area contributed by atoms with Gasteiger partial charge in [0, 0.05) is 5.54 Å². The van der Waals surface area contributed by atoms with Crippen molar-refractivity contribution in [3.63, 3.8) is 0 Å². The molecule has 0 saturated carbocycles. The lowest BCUT2D eigenvalue weighted by atomic mass is 10.1. The molecule has 1 aromatic rings. The minimum absolute atomic E-state index is 0.195. The van der Waals surface area contributed by atoms with Crippen LogP contribution < -0.4 is 0 Å². The highest BCUT2D eigenvalue weighted by Crippen LogP contribution is 2.15. The van der Waals surface area contributed by atoms with Crippen LogP contribution in [0, 0.1) is 6.92 Å². The van der Waals surface area contributed by atoms with E-state index in [9.17, 15) is 0 Å². The second-order valence-corrected chi connectivity index (χ2v) is 4.54. The van der Waals surface area contributed by atoms with Crippen LogP contribution >= 0.6 is 0 Å². The van der Waals surface area contributed by atoms with Crippen LogP contribution in [-0.4, -0.2) is 17.5 Å². The van der Waals surface area contributed by atoms with Crippen molar-refractivity contribution in [3.8, 4) is 0 Å². The summed E-state index contributed by atoms with van der Waals surface area (Å²) in [5, 5.41) is 0. The third-order valence-corrected chi connectivity index (χ3v) is 2.33. The first kappa shape index (κ1) is 10.3. The SMILES string of the molecule is Cc1ccc(CN(C)C(C)(C)C)o1. The second-order valence-electron chi connectivity index (χ2n) is 4.54. The molecule has 0 N–H and O–H groups in total. The Hall–Kier alpha value is -0.760. The number of hydrogen-bond donors (Lipinski definition) is 0. The van der Waals surface area contributed by atoms with Gasteiger partial charge in [-0.3, -0.25) is 4.90 Å². The van der Waals surface area contributed by atoms with Crippen LogP contribution in [0.2, 0.25) is 0 Å². The van der Waals surface area contributed by atoms with Crippen molar-refractivity contribution >= 4 is 0 Å². The van der Waals surface area contributed by atoms with Gasteiger partial charge in [0.05, 0.1) is 6.54 Å². The molecule has 0 aliphatic rings. The molecule has 0 aromatic carbocycles. The van der Waals surface area contributed by atoms with Gasteiger partial charge in [-0.15, -0.1) is 0 Å². The standard InChI is InChI=1S/C11H19NO/c1-9-6-7-10(13-9)8-12(5)11(2,3)4/h6-7H,8H2,1-5H3. The van der Waals surface area contributed by atoms with E-state index >= 15 is 0 Å². The van der Waals surface area contributed by atoms with Crippen LogP contribution in [0.25, 0.3) is 0 Å². The van der Waals surface area contributed by atoms with Gasteiger partial charge in [-0.05, 0) is 46.9 Å². The smallest absolute Gasteiger partial charge is 0.118 e. The summed E-state index contributed by atoms with van der Waals surface area (Å²) < 4.78 is 5.51. The molecule has 1 aromatic heterocycles. The Balaban J connectivity index is 2.60. The maximum Gasteiger partial charge on any atom is 0.118 e. The zero-order chi connectivity index (χ0) is 10.1. The minimum atomic E-state index is 0.195. The Kier molecular flexibility index (Phi) is 2.81. The molecule has 1 heterocycles. The van der Waals surface area contributed by atoms with Crippen molar-refractivity contribution < 1.29 is 4.42 Å². The fraction of sp³-hybridized carbons (Fsp3) is 0.636. The van der Waals surface area contributed by atoms with Crippen LogP contribution in [0.3, 0.4) is 0 Å². The molecule has 1 rings (SSSR count). The molecule has 2 nitrogen and oxygen atoms in total. The van der Waals surface area contributed by atoms with E-state index in [2.05, 4.69) is 32.7 Å². The Morgan fingerprint density at radius 1 is 1.31 bits per heavy atom. The minimum Gasteiger partial charge on any atom is -0.465 e. The van der Waals surface area contributed by atoms with Gasteiger partial charge in [-0.25, -0.2) is 0 Å². The average molecular weight is 181 g/mol. The molecular weight excluding hydrogens is 162 g/mol. The molecule has 2 heteroatoms. The van der Waals surface area contributed by atoms with E-state index in [4.69, 9.17) is 4.42 Å². The third-order valence-electron chi connectivity index (χ3n) is 2.33. The first-order chi connectivity index (χ1) is 5.89. The van der Waals surface area contributed by atoms with Crippen molar-refractivity contribution in [2.24, 2.45) is 0 Å². The molecule has 0 unspecified atom stereocenters. The highest BCUT2D eigenvalue weighted by Gasteiger charge is 2.17. The van der Waals surface area contributed by atoms with Crippen LogP contribution in [0.15, 0.2) is 16.5 Å². The number of rotatable bonds is 2. The lowest BCUT2D eigenvalue weighted by molar-refractivity contribution is 0.154. The van der Waals surface area contributed by atoms with Crippen molar-refractivity contribution in [1.29, 1.82) is 0 Å². The van der Waals surface area contributed by atoms with Crippen LogP contribution in [0.5, 0.6) is 0 Å². The summed E-state index contributed by atoms with van der Waals surface area (Å²) >= 11 is 0. The largest absolute Gasteiger partial charge is 0.465 e. The molecule has 0 aliphatic carbocycles. The summed E-state index contributed by atoms with van der Waals surface area (Å²) in [4.78, 5) is 2.27. The van der Waals surface area contributed by atoms with Gasteiger partial charge in [0.25, 0.3) is 0 Å². The normalized spacial score (nSPS) is 12.5. The summed E-state index contributed by atoms with van der Waals surface area (Å²) in [6.07, 6.45) is 0.